The average molecular weight is 402 g/mol. The van der Waals surface area contributed by atoms with E-state index in [9.17, 15) is 8.42 Å². The van der Waals surface area contributed by atoms with E-state index in [1.807, 2.05) is 32.0 Å². The van der Waals surface area contributed by atoms with E-state index in [1.54, 1.807) is 10.4 Å². The number of aryl methyl sites for hydroxylation is 4. The summed E-state index contributed by atoms with van der Waals surface area (Å²) in [4.78, 5) is 9.04. The molecule has 28 heavy (non-hydrogen) atoms. The van der Waals surface area contributed by atoms with Crippen LogP contribution in [0.3, 0.4) is 0 Å². The number of hydrogen-bond donors (Lipinski definition) is 0. The number of aromatic nitrogens is 2. The lowest BCUT2D eigenvalue weighted by Gasteiger charge is -2.32. The summed E-state index contributed by atoms with van der Waals surface area (Å²) in [6.45, 7) is 4.65. The Labute approximate surface area is 167 Å². The molecule has 1 unspecified atom stereocenters. The van der Waals surface area contributed by atoms with Crippen LogP contribution < -0.4 is 4.74 Å². The summed E-state index contributed by atoms with van der Waals surface area (Å²) in [6.07, 6.45) is 5.66. The SMILES string of the molecule is Cc1cc(C)nc(OC2CCCN(S(=O)(=O)c3ccc4c(c3)CCCC4)C2)n1. The summed E-state index contributed by atoms with van der Waals surface area (Å²) in [6, 6.07) is 7.84. The molecule has 0 bridgehead atoms. The molecule has 1 aliphatic carbocycles. The number of piperidine rings is 1. The lowest BCUT2D eigenvalue weighted by atomic mass is 9.92. The minimum Gasteiger partial charge on any atom is -0.459 e. The van der Waals surface area contributed by atoms with Crippen molar-refractivity contribution in [1.29, 1.82) is 0 Å². The van der Waals surface area contributed by atoms with Crippen molar-refractivity contribution in [1.82, 2.24) is 14.3 Å². The third kappa shape index (κ3) is 4.05. The van der Waals surface area contributed by atoms with Crippen LogP contribution in [0, 0.1) is 13.8 Å². The zero-order chi connectivity index (χ0) is 19.7. The van der Waals surface area contributed by atoms with Gasteiger partial charge in [-0.3, -0.25) is 0 Å². The number of nitrogens with zero attached hydrogens (tertiary/aromatic N) is 3. The number of fused-ring (bicyclic) bond motifs is 1. The predicted octanol–water partition coefficient (Wildman–Crippen LogP) is 3.20. The summed E-state index contributed by atoms with van der Waals surface area (Å²) in [5, 5.41) is 0. The molecule has 1 aromatic carbocycles. The summed E-state index contributed by atoms with van der Waals surface area (Å²) in [7, 11) is -3.52. The second-order valence-electron chi connectivity index (χ2n) is 7.82. The highest BCUT2D eigenvalue weighted by molar-refractivity contribution is 7.89. The molecule has 1 saturated heterocycles. The Hall–Kier alpha value is -1.99. The van der Waals surface area contributed by atoms with E-state index in [4.69, 9.17) is 4.74 Å². The van der Waals surface area contributed by atoms with Crippen molar-refractivity contribution in [2.45, 2.75) is 63.4 Å². The second-order valence-corrected chi connectivity index (χ2v) is 9.75. The molecule has 1 aliphatic heterocycles. The molecule has 0 spiro atoms. The van der Waals surface area contributed by atoms with Gasteiger partial charge in [-0.2, -0.15) is 4.31 Å². The third-order valence-electron chi connectivity index (χ3n) is 5.53. The first kappa shape index (κ1) is 19.3. The Morgan fingerprint density at radius 2 is 1.71 bits per heavy atom. The highest BCUT2D eigenvalue weighted by Gasteiger charge is 2.32. The monoisotopic (exact) mass is 401 g/mol. The van der Waals surface area contributed by atoms with E-state index in [0.29, 0.717) is 24.0 Å². The normalized spacial score (nSPS) is 20.6. The van der Waals surface area contributed by atoms with Gasteiger partial charge in [-0.15, -0.1) is 0 Å². The van der Waals surface area contributed by atoms with Gasteiger partial charge in [0.25, 0.3) is 0 Å². The largest absolute Gasteiger partial charge is 0.459 e. The van der Waals surface area contributed by atoms with Crippen LogP contribution in [-0.2, 0) is 22.9 Å². The van der Waals surface area contributed by atoms with Crippen molar-refractivity contribution >= 4 is 10.0 Å². The van der Waals surface area contributed by atoms with E-state index in [2.05, 4.69) is 9.97 Å². The van der Waals surface area contributed by atoms with Gasteiger partial charge in [-0.05, 0) is 81.7 Å². The molecule has 2 aliphatic rings. The summed E-state index contributed by atoms with van der Waals surface area (Å²) in [5.74, 6) is 0. The second kappa shape index (κ2) is 7.79. The Morgan fingerprint density at radius 3 is 2.46 bits per heavy atom. The maximum Gasteiger partial charge on any atom is 0.317 e. The van der Waals surface area contributed by atoms with Gasteiger partial charge in [0, 0.05) is 17.9 Å². The van der Waals surface area contributed by atoms with E-state index >= 15 is 0 Å². The molecule has 2 aromatic rings. The van der Waals surface area contributed by atoms with Crippen molar-refractivity contribution in [2.75, 3.05) is 13.1 Å². The van der Waals surface area contributed by atoms with Gasteiger partial charge < -0.3 is 4.74 Å². The van der Waals surface area contributed by atoms with Crippen LogP contribution in [0.5, 0.6) is 6.01 Å². The first-order chi connectivity index (χ1) is 13.4. The molecule has 1 atom stereocenters. The molecule has 4 rings (SSSR count). The van der Waals surface area contributed by atoms with Crippen LogP contribution >= 0.6 is 0 Å². The van der Waals surface area contributed by atoms with E-state index in [0.717, 1.165) is 43.5 Å². The Kier molecular flexibility index (Phi) is 5.38. The standard InChI is InChI=1S/C21H27N3O3S/c1-15-12-16(2)23-21(22-15)27-19-8-5-11-24(14-19)28(25,26)20-10-9-17-6-3-4-7-18(17)13-20/h9-10,12-13,19H,3-8,11,14H2,1-2H3. The zero-order valence-electron chi connectivity index (χ0n) is 16.5. The Balaban J connectivity index is 1.51. The van der Waals surface area contributed by atoms with Gasteiger partial charge in [0.15, 0.2) is 0 Å². The van der Waals surface area contributed by atoms with Gasteiger partial charge in [0.1, 0.15) is 6.10 Å². The van der Waals surface area contributed by atoms with Crippen LogP contribution in [0.2, 0.25) is 0 Å². The van der Waals surface area contributed by atoms with Crippen LogP contribution in [0.1, 0.15) is 48.2 Å². The van der Waals surface area contributed by atoms with Crippen molar-refractivity contribution < 1.29 is 13.2 Å². The summed E-state index contributed by atoms with van der Waals surface area (Å²) >= 11 is 0. The number of hydrogen-bond acceptors (Lipinski definition) is 5. The smallest absolute Gasteiger partial charge is 0.317 e. The minimum atomic E-state index is -3.52. The molecule has 7 heteroatoms. The van der Waals surface area contributed by atoms with Crippen molar-refractivity contribution in [3.05, 3.63) is 46.8 Å². The molecular weight excluding hydrogens is 374 g/mol. The predicted molar refractivity (Wildman–Crippen MR) is 107 cm³/mol. The van der Waals surface area contributed by atoms with Crippen LogP contribution in [0.15, 0.2) is 29.2 Å². The maximum absolute atomic E-state index is 13.2. The fraction of sp³-hybridized carbons (Fsp3) is 0.524. The average Bonchev–Trinajstić information content (AvgIpc) is 2.67. The van der Waals surface area contributed by atoms with Crippen molar-refractivity contribution in [3.63, 3.8) is 0 Å². The molecule has 0 N–H and O–H groups in total. The topological polar surface area (TPSA) is 72.4 Å². The van der Waals surface area contributed by atoms with Crippen LogP contribution in [0.4, 0.5) is 0 Å². The minimum absolute atomic E-state index is 0.234. The zero-order valence-corrected chi connectivity index (χ0v) is 17.3. The molecular formula is C21H27N3O3S. The van der Waals surface area contributed by atoms with E-state index < -0.39 is 10.0 Å². The number of rotatable bonds is 4. The van der Waals surface area contributed by atoms with E-state index in [-0.39, 0.29) is 6.10 Å². The van der Waals surface area contributed by atoms with Gasteiger partial charge in [-0.25, -0.2) is 18.4 Å². The lowest BCUT2D eigenvalue weighted by molar-refractivity contribution is 0.119. The molecule has 0 saturated carbocycles. The number of sulfonamides is 1. The molecule has 0 radical (unpaired) electrons. The number of benzene rings is 1. The lowest BCUT2D eigenvalue weighted by Crippen LogP contribution is -2.44. The third-order valence-corrected chi connectivity index (χ3v) is 7.39. The van der Waals surface area contributed by atoms with Crippen LogP contribution in [0.25, 0.3) is 0 Å². The van der Waals surface area contributed by atoms with Crippen molar-refractivity contribution in [2.24, 2.45) is 0 Å². The van der Waals surface area contributed by atoms with E-state index in [1.165, 1.54) is 17.5 Å². The molecule has 2 heterocycles. The van der Waals surface area contributed by atoms with Gasteiger partial charge in [0.2, 0.25) is 10.0 Å². The molecule has 6 nitrogen and oxygen atoms in total. The van der Waals surface area contributed by atoms with Gasteiger partial charge in [0.05, 0.1) is 11.4 Å². The summed E-state index contributed by atoms with van der Waals surface area (Å²) in [5.41, 5.74) is 4.16. The Bertz CT molecular complexity index is 955. The highest BCUT2D eigenvalue weighted by Crippen LogP contribution is 2.27. The summed E-state index contributed by atoms with van der Waals surface area (Å²) < 4.78 is 33.9. The number of ether oxygens (including phenoxy) is 1. The first-order valence-electron chi connectivity index (χ1n) is 10.0. The van der Waals surface area contributed by atoms with Crippen molar-refractivity contribution in [3.8, 4) is 6.01 Å². The molecule has 1 aromatic heterocycles. The Morgan fingerprint density at radius 1 is 1.00 bits per heavy atom. The quantitative estimate of drug-likeness (QED) is 0.787. The van der Waals surface area contributed by atoms with Gasteiger partial charge in [-0.1, -0.05) is 6.07 Å². The molecule has 1 fully saturated rings. The fourth-order valence-corrected chi connectivity index (χ4v) is 5.70. The highest BCUT2D eigenvalue weighted by atomic mass is 32.2. The maximum atomic E-state index is 13.2. The van der Waals surface area contributed by atoms with Gasteiger partial charge >= 0.3 is 6.01 Å². The fourth-order valence-electron chi connectivity index (χ4n) is 4.13. The molecule has 0 amide bonds. The molecule has 150 valence electrons. The first-order valence-corrected chi connectivity index (χ1v) is 11.5. The van der Waals surface area contributed by atoms with Crippen LogP contribution in [-0.4, -0.2) is 41.9 Å².